The van der Waals surface area contributed by atoms with E-state index in [1.54, 1.807) is 0 Å². The van der Waals surface area contributed by atoms with Crippen LogP contribution in [0, 0.1) is 27.7 Å². The third-order valence-electron chi connectivity index (χ3n) is 5.89. The summed E-state index contributed by atoms with van der Waals surface area (Å²) in [6, 6.07) is 28.7. The van der Waals surface area contributed by atoms with E-state index in [0.717, 1.165) is 33.8 Å². The van der Waals surface area contributed by atoms with Gasteiger partial charge in [-0.15, -0.1) is 23.2 Å². The Balaban J connectivity index is 0.000000201. The highest BCUT2D eigenvalue weighted by atomic mass is 35.5. The van der Waals surface area contributed by atoms with Gasteiger partial charge < -0.3 is 9.47 Å². The second-order valence-electron chi connectivity index (χ2n) is 8.93. The molecule has 0 aliphatic rings. The lowest BCUT2D eigenvalue weighted by Gasteiger charge is -2.13. The minimum Gasteiger partial charge on any atom is -0.489 e. The van der Waals surface area contributed by atoms with Crippen molar-refractivity contribution >= 4 is 23.2 Å². The summed E-state index contributed by atoms with van der Waals surface area (Å²) >= 11 is 12.0. The number of hydrogen-bond donors (Lipinski definition) is 0. The van der Waals surface area contributed by atoms with Crippen molar-refractivity contribution in [3.8, 4) is 11.5 Å². The Morgan fingerprint density at radius 1 is 0.528 bits per heavy atom. The molecule has 0 radical (unpaired) electrons. The summed E-state index contributed by atoms with van der Waals surface area (Å²) in [5.74, 6) is 2.75. The first-order valence-electron chi connectivity index (χ1n) is 12.1. The van der Waals surface area contributed by atoms with Crippen molar-refractivity contribution < 1.29 is 9.47 Å². The summed E-state index contributed by atoms with van der Waals surface area (Å²) in [7, 11) is 0. The van der Waals surface area contributed by atoms with Crippen molar-refractivity contribution in [2.45, 2.75) is 52.7 Å². The van der Waals surface area contributed by atoms with Gasteiger partial charge in [0.25, 0.3) is 0 Å². The zero-order valence-electron chi connectivity index (χ0n) is 21.5. The molecule has 0 saturated heterocycles. The quantitative estimate of drug-likeness (QED) is 0.215. The first-order valence-corrected chi connectivity index (χ1v) is 13.1. The second-order valence-corrected chi connectivity index (χ2v) is 9.47. The molecule has 4 heteroatoms. The average molecular weight is 522 g/mol. The first-order chi connectivity index (χ1) is 17.4. The normalized spacial score (nSPS) is 10.4. The minimum atomic E-state index is 0.482. The van der Waals surface area contributed by atoms with E-state index in [-0.39, 0.29) is 0 Å². The van der Waals surface area contributed by atoms with Crippen LogP contribution in [0.15, 0.2) is 84.9 Å². The fraction of sp³-hybridized carbons (Fsp3) is 0.250. The van der Waals surface area contributed by atoms with Gasteiger partial charge in [0.05, 0.1) is 11.8 Å². The lowest BCUT2D eigenvalue weighted by molar-refractivity contribution is 0.303. The minimum absolute atomic E-state index is 0.482. The lowest BCUT2D eigenvalue weighted by atomic mass is 10.1. The molecule has 0 fully saturated rings. The van der Waals surface area contributed by atoms with E-state index < -0.39 is 0 Å². The first kappa shape index (κ1) is 27.6. The van der Waals surface area contributed by atoms with Crippen molar-refractivity contribution in [2.24, 2.45) is 0 Å². The smallest absolute Gasteiger partial charge is 0.124 e. The number of aryl methyl sites for hydroxylation is 4. The summed E-state index contributed by atoms with van der Waals surface area (Å²) in [4.78, 5) is 0. The number of ether oxygens (including phenoxy) is 2. The van der Waals surface area contributed by atoms with Crippen LogP contribution in [0.25, 0.3) is 0 Å². The third-order valence-corrected chi connectivity index (χ3v) is 6.43. The summed E-state index contributed by atoms with van der Waals surface area (Å²) in [5.41, 5.74) is 9.26. The van der Waals surface area contributed by atoms with Crippen molar-refractivity contribution in [3.05, 3.63) is 129 Å². The highest BCUT2D eigenvalue weighted by Crippen LogP contribution is 2.28. The molecule has 0 aliphatic carbocycles. The van der Waals surface area contributed by atoms with Gasteiger partial charge in [-0.1, -0.05) is 72.8 Å². The van der Waals surface area contributed by atoms with E-state index in [9.17, 15) is 0 Å². The van der Waals surface area contributed by atoms with Crippen molar-refractivity contribution in [3.63, 3.8) is 0 Å². The van der Waals surface area contributed by atoms with Gasteiger partial charge in [0.2, 0.25) is 0 Å². The summed E-state index contributed by atoms with van der Waals surface area (Å²) in [6.07, 6.45) is 0. The van der Waals surface area contributed by atoms with Crippen molar-refractivity contribution in [2.75, 3.05) is 0 Å². The highest BCUT2D eigenvalue weighted by Gasteiger charge is 2.09. The molecule has 4 aromatic carbocycles. The number of halogens is 2. The van der Waals surface area contributed by atoms with Crippen LogP contribution in [-0.4, -0.2) is 0 Å². The van der Waals surface area contributed by atoms with Crippen molar-refractivity contribution in [1.29, 1.82) is 0 Å². The molecule has 0 amide bonds. The molecule has 0 saturated carbocycles. The van der Waals surface area contributed by atoms with E-state index in [0.29, 0.717) is 25.0 Å². The van der Waals surface area contributed by atoms with Gasteiger partial charge >= 0.3 is 0 Å². The molecule has 0 spiro atoms. The molecule has 188 valence electrons. The molecular weight excluding hydrogens is 487 g/mol. The Morgan fingerprint density at radius 3 is 1.22 bits per heavy atom. The maximum Gasteiger partial charge on any atom is 0.124 e. The lowest BCUT2D eigenvalue weighted by Crippen LogP contribution is -2.00. The Morgan fingerprint density at radius 2 is 0.889 bits per heavy atom. The van der Waals surface area contributed by atoms with Crippen LogP contribution >= 0.6 is 23.2 Å². The number of benzene rings is 4. The van der Waals surface area contributed by atoms with E-state index in [2.05, 4.69) is 64.1 Å². The van der Waals surface area contributed by atoms with Gasteiger partial charge in [0.1, 0.15) is 24.7 Å². The van der Waals surface area contributed by atoms with Gasteiger partial charge in [-0.25, -0.2) is 0 Å². The molecule has 0 bridgehead atoms. The Hall–Kier alpha value is -2.94. The van der Waals surface area contributed by atoms with E-state index >= 15 is 0 Å². The average Bonchev–Trinajstić information content (AvgIpc) is 2.87. The van der Waals surface area contributed by atoms with Crippen LogP contribution in [-0.2, 0) is 25.0 Å². The molecule has 0 unspecified atom stereocenters. The van der Waals surface area contributed by atoms with Gasteiger partial charge in [0.15, 0.2) is 0 Å². The summed E-state index contributed by atoms with van der Waals surface area (Å²) in [6.45, 7) is 9.43. The Bertz CT molecular complexity index is 1140. The third kappa shape index (κ3) is 8.05. The zero-order valence-corrected chi connectivity index (χ0v) is 23.0. The monoisotopic (exact) mass is 520 g/mol. The molecule has 2 nitrogen and oxygen atoms in total. The van der Waals surface area contributed by atoms with Gasteiger partial charge in [-0.05, 0) is 73.2 Å². The number of alkyl halides is 2. The van der Waals surface area contributed by atoms with Crippen molar-refractivity contribution in [1.82, 2.24) is 0 Å². The Kier molecular flexibility index (Phi) is 10.7. The van der Waals surface area contributed by atoms with Crippen LogP contribution < -0.4 is 9.47 Å². The topological polar surface area (TPSA) is 18.5 Å². The highest BCUT2D eigenvalue weighted by molar-refractivity contribution is 6.17. The van der Waals surface area contributed by atoms with Crippen LogP contribution in [0.5, 0.6) is 11.5 Å². The van der Waals surface area contributed by atoms with E-state index in [4.69, 9.17) is 32.7 Å². The molecule has 0 atom stereocenters. The van der Waals surface area contributed by atoms with Gasteiger partial charge in [-0.3, -0.25) is 0 Å². The zero-order chi connectivity index (χ0) is 25.9. The van der Waals surface area contributed by atoms with Crippen LogP contribution in [0.4, 0.5) is 0 Å². The van der Waals surface area contributed by atoms with Gasteiger partial charge in [-0.2, -0.15) is 0 Å². The van der Waals surface area contributed by atoms with E-state index in [1.165, 1.54) is 22.3 Å². The molecular formula is C32H34Cl2O2. The number of rotatable bonds is 8. The molecule has 4 aromatic rings. The Labute approximate surface area is 225 Å². The summed E-state index contributed by atoms with van der Waals surface area (Å²) in [5, 5.41) is 0. The molecule has 0 aromatic heterocycles. The van der Waals surface area contributed by atoms with E-state index in [1.807, 2.05) is 48.5 Å². The second kappa shape index (κ2) is 14.0. The fourth-order valence-electron chi connectivity index (χ4n) is 3.99. The molecule has 0 heterocycles. The predicted molar refractivity (Wildman–Crippen MR) is 152 cm³/mol. The largest absolute Gasteiger partial charge is 0.489 e. The fourth-order valence-corrected chi connectivity index (χ4v) is 4.67. The van der Waals surface area contributed by atoms with Crippen LogP contribution in [0.1, 0.15) is 44.5 Å². The van der Waals surface area contributed by atoms with Crippen LogP contribution in [0.3, 0.4) is 0 Å². The maximum atomic E-state index is 5.99. The summed E-state index contributed by atoms with van der Waals surface area (Å²) < 4.78 is 11.8. The molecule has 4 rings (SSSR count). The van der Waals surface area contributed by atoms with Crippen LogP contribution in [0.2, 0.25) is 0 Å². The SMILES string of the molecule is Cc1cc(C)c(CCl)c(OCc2ccccc2)c1.Cc1cc(C)c(CCl)c(OCc2ccccc2)c1. The van der Waals surface area contributed by atoms with Gasteiger partial charge in [0, 0.05) is 11.1 Å². The predicted octanol–water partition coefficient (Wildman–Crippen LogP) is 9.24. The maximum absolute atomic E-state index is 5.99. The standard InChI is InChI=1S/2C16H17ClO/c2*1-12-8-13(2)15(10-17)16(9-12)18-11-14-6-4-3-5-7-14/h2*3-9H,10-11H2,1-2H3. The molecule has 0 N–H and O–H groups in total. The molecule has 0 aliphatic heterocycles. The molecule has 36 heavy (non-hydrogen) atoms. The number of hydrogen-bond acceptors (Lipinski definition) is 2.